The molecule has 0 spiro atoms. The van der Waals surface area contributed by atoms with Crippen LogP contribution in [0.1, 0.15) is 12.5 Å². The van der Waals surface area contributed by atoms with Gasteiger partial charge in [-0.05, 0) is 13.0 Å². The van der Waals surface area contributed by atoms with Crippen molar-refractivity contribution in [3.8, 4) is 0 Å². The molecular formula is C15H17ClN4. The molecule has 104 valence electrons. The summed E-state index contributed by atoms with van der Waals surface area (Å²) < 4.78 is 0. The van der Waals surface area contributed by atoms with Crippen LogP contribution in [0.25, 0.3) is 0 Å². The lowest BCUT2D eigenvalue weighted by Gasteiger charge is -2.17. The molecule has 1 aromatic rings. The summed E-state index contributed by atoms with van der Waals surface area (Å²) in [6, 6.07) is 9.64. The van der Waals surface area contributed by atoms with Crippen LogP contribution in [-0.4, -0.2) is 41.4 Å². The van der Waals surface area contributed by atoms with Gasteiger partial charge in [-0.15, -0.1) is 0 Å². The van der Waals surface area contributed by atoms with Gasteiger partial charge in [-0.3, -0.25) is 15.4 Å². The fourth-order valence-electron chi connectivity index (χ4n) is 1.77. The Labute approximate surface area is 124 Å². The average molecular weight is 289 g/mol. The van der Waals surface area contributed by atoms with E-state index in [4.69, 9.17) is 17.0 Å². The second kappa shape index (κ2) is 6.48. The van der Waals surface area contributed by atoms with E-state index >= 15 is 0 Å². The molecule has 0 saturated carbocycles. The van der Waals surface area contributed by atoms with Gasteiger partial charge in [-0.25, -0.2) is 0 Å². The molecule has 1 aromatic carbocycles. The van der Waals surface area contributed by atoms with Gasteiger partial charge in [-0.1, -0.05) is 48.0 Å². The van der Waals surface area contributed by atoms with Gasteiger partial charge in [0.2, 0.25) is 0 Å². The quantitative estimate of drug-likeness (QED) is 0.849. The largest absolute Gasteiger partial charge is 0.341 e. The number of likely N-dealkylation sites (N-methyl/N-ethyl adjacent to an activating group) is 1. The highest BCUT2D eigenvalue weighted by molar-refractivity contribution is 6.85. The van der Waals surface area contributed by atoms with Gasteiger partial charge >= 0.3 is 0 Å². The van der Waals surface area contributed by atoms with Crippen LogP contribution in [-0.2, 0) is 0 Å². The zero-order valence-electron chi connectivity index (χ0n) is 11.5. The molecule has 1 aliphatic rings. The molecule has 0 fully saturated rings. The van der Waals surface area contributed by atoms with Gasteiger partial charge in [0.15, 0.2) is 0 Å². The van der Waals surface area contributed by atoms with E-state index < -0.39 is 0 Å². The number of nitrogens with one attached hydrogen (secondary N) is 1. The van der Waals surface area contributed by atoms with Crippen LogP contribution in [0.3, 0.4) is 0 Å². The molecule has 5 heteroatoms. The first-order valence-corrected chi connectivity index (χ1v) is 6.77. The molecule has 1 atom stereocenters. The zero-order valence-corrected chi connectivity index (χ0v) is 12.3. The van der Waals surface area contributed by atoms with Crippen molar-refractivity contribution in [1.29, 1.82) is 5.41 Å². The predicted octanol–water partition coefficient (Wildman–Crippen LogP) is 2.94. The third kappa shape index (κ3) is 3.54. The first-order valence-electron chi connectivity index (χ1n) is 6.39. The van der Waals surface area contributed by atoms with Crippen LogP contribution in [0.4, 0.5) is 0 Å². The van der Waals surface area contributed by atoms with Crippen molar-refractivity contribution in [2.45, 2.75) is 13.0 Å². The van der Waals surface area contributed by atoms with Crippen LogP contribution < -0.4 is 0 Å². The minimum absolute atomic E-state index is 0.0942. The fourth-order valence-corrected chi connectivity index (χ4v) is 2.09. The summed E-state index contributed by atoms with van der Waals surface area (Å²) in [5.74, 6) is 0.404. The Morgan fingerprint density at radius 1 is 1.30 bits per heavy atom. The van der Waals surface area contributed by atoms with Crippen molar-refractivity contribution in [3.05, 3.63) is 48.0 Å². The van der Waals surface area contributed by atoms with Crippen molar-refractivity contribution in [1.82, 2.24) is 4.90 Å². The van der Waals surface area contributed by atoms with E-state index in [1.165, 1.54) is 0 Å². The lowest BCUT2D eigenvalue weighted by atomic mass is 10.1. The molecule has 2 rings (SSSR count). The van der Waals surface area contributed by atoms with E-state index in [1.807, 2.05) is 50.4 Å². The Balaban J connectivity index is 2.44. The van der Waals surface area contributed by atoms with E-state index in [0.29, 0.717) is 23.4 Å². The number of hydrogen-bond acceptors (Lipinski definition) is 3. The maximum absolute atomic E-state index is 7.90. The summed E-state index contributed by atoms with van der Waals surface area (Å²) in [6.07, 6.45) is 3.58. The number of aliphatic imine (C=N–C) groups is 2. The molecular weight excluding hydrogens is 272 g/mol. The summed E-state index contributed by atoms with van der Waals surface area (Å²) in [7, 11) is 1.83. The van der Waals surface area contributed by atoms with Gasteiger partial charge in [0.05, 0.1) is 6.04 Å². The zero-order chi connectivity index (χ0) is 14.5. The Morgan fingerprint density at radius 3 is 2.70 bits per heavy atom. The lowest BCUT2D eigenvalue weighted by molar-refractivity contribution is 0.523. The maximum Gasteiger partial charge on any atom is 0.150 e. The van der Waals surface area contributed by atoms with Crippen molar-refractivity contribution >= 4 is 28.3 Å². The third-order valence-electron chi connectivity index (χ3n) is 2.94. The average Bonchev–Trinajstić information content (AvgIpc) is 2.45. The minimum Gasteiger partial charge on any atom is -0.341 e. The molecule has 0 saturated heterocycles. The first kappa shape index (κ1) is 14.5. The van der Waals surface area contributed by atoms with Crippen molar-refractivity contribution in [3.63, 3.8) is 0 Å². The lowest BCUT2D eigenvalue weighted by Crippen LogP contribution is -2.27. The molecule has 0 bridgehead atoms. The summed E-state index contributed by atoms with van der Waals surface area (Å²) >= 11 is 6.31. The number of amidine groups is 1. The highest BCUT2D eigenvalue weighted by Crippen LogP contribution is 2.09. The Hall–Kier alpha value is -1.94. The Morgan fingerprint density at radius 2 is 2.00 bits per heavy atom. The van der Waals surface area contributed by atoms with E-state index in [2.05, 4.69) is 9.98 Å². The number of rotatable bonds is 1. The molecule has 0 aliphatic carbocycles. The van der Waals surface area contributed by atoms with E-state index in [9.17, 15) is 0 Å². The van der Waals surface area contributed by atoms with Crippen LogP contribution in [0.15, 0.2) is 52.5 Å². The molecule has 1 N–H and O–H groups in total. The molecule has 4 nitrogen and oxygen atoms in total. The van der Waals surface area contributed by atoms with Gasteiger partial charge in [0, 0.05) is 12.6 Å². The molecule has 0 radical (unpaired) electrons. The van der Waals surface area contributed by atoms with Gasteiger partial charge < -0.3 is 4.90 Å². The summed E-state index contributed by atoms with van der Waals surface area (Å²) in [5, 5.41) is 8.30. The number of hydrogen-bond donors (Lipinski definition) is 1. The second-order valence-corrected chi connectivity index (χ2v) is 4.97. The predicted molar refractivity (Wildman–Crippen MR) is 85.2 cm³/mol. The highest BCUT2D eigenvalue weighted by atomic mass is 35.5. The van der Waals surface area contributed by atoms with Gasteiger partial charge in [0.1, 0.15) is 23.4 Å². The summed E-state index contributed by atoms with van der Waals surface area (Å²) in [5.41, 5.74) is 1.59. The highest BCUT2D eigenvalue weighted by Gasteiger charge is 2.12. The molecule has 1 heterocycles. The standard InChI is InChI=1S/C15H17ClN4/c1-11-8-9-13(17)20(2)10-18-14(15(16)19-11)12-6-4-3-5-7-12/h3-9,11,17H,10H2,1-2H3/b9-8-,17-13?,18-14-,19-15?. The van der Waals surface area contributed by atoms with Crippen molar-refractivity contribution in [2.24, 2.45) is 9.98 Å². The van der Waals surface area contributed by atoms with Gasteiger partial charge in [0.25, 0.3) is 0 Å². The monoisotopic (exact) mass is 288 g/mol. The molecule has 1 aliphatic heterocycles. The summed E-state index contributed by atoms with van der Waals surface area (Å²) in [6.45, 7) is 2.30. The van der Waals surface area contributed by atoms with Crippen molar-refractivity contribution in [2.75, 3.05) is 13.7 Å². The molecule has 0 amide bonds. The minimum atomic E-state index is -0.0942. The number of benzene rings is 1. The van der Waals surface area contributed by atoms with Gasteiger partial charge in [-0.2, -0.15) is 0 Å². The Bertz CT molecular complexity index is 575. The normalized spacial score (nSPS) is 24.6. The van der Waals surface area contributed by atoms with Crippen LogP contribution in [0.5, 0.6) is 0 Å². The molecule has 1 unspecified atom stereocenters. The number of nitrogens with zero attached hydrogens (tertiary/aromatic N) is 3. The Kier molecular flexibility index (Phi) is 4.69. The summed E-state index contributed by atoms with van der Waals surface area (Å²) in [4.78, 5) is 10.7. The van der Waals surface area contributed by atoms with Crippen LogP contribution in [0, 0.1) is 5.41 Å². The van der Waals surface area contributed by atoms with Crippen LogP contribution in [0.2, 0.25) is 0 Å². The second-order valence-electron chi connectivity index (χ2n) is 4.62. The maximum atomic E-state index is 7.90. The third-order valence-corrected chi connectivity index (χ3v) is 3.22. The molecule has 0 aromatic heterocycles. The van der Waals surface area contributed by atoms with Crippen molar-refractivity contribution < 1.29 is 0 Å². The molecule has 20 heavy (non-hydrogen) atoms. The SMILES string of the molecule is CC1/C=C\C(=N)N(C)C/N=C(/c2ccccc2)C(Cl)=N1. The topological polar surface area (TPSA) is 51.8 Å². The number of halogens is 1. The smallest absolute Gasteiger partial charge is 0.150 e. The van der Waals surface area contributed by atoms with E-state index in [-0.39, 0.29) is 6.04 Å². The van der Waals surface area contributed by atoms with E-state index in [1.54, 1.807) is 11.0 Å². The van der Waals surface area contributed by atoms with Crippen LogP contribution >= 0.6 is 11.6 Å². The van der Waals surface area contributed by atoms with E-state index in [0.717, 1.165) is 5.56 Å². The first-order chi connectivity index (χ1) is 9.58. The fraction of sp³-hybridized carbons (Fsp3) is 0.267.